The number of aliphatic hydroxyl groups excluding tert-OH is 1. The van der Waals surface area contributed by atoms with Crippen LogP contribution in [0.2, 0.25) is 18.1 Å². The van der Waals surface area contributed by atoms with E-state index in [0.29, 0.717) is 6.61 Å². The van der Waals surface area contributed by atoms with E-state index in [1.54, 1.807) is 11.3 Å². The first-order valence-electron chi connectivity index (χ1n) is 7.00. The fourth-order valence-electron chi connectivity index (χ4n) is 1.17. The largest absolute Gasteiger partial charge is 0.410 e. The molecule has 0 spiro atoms. The summed E-state index contributed by atoms with van der Waals surface area (Å²) in [5.41, 5.74) is 0. The maximum Gasteiger partial charge on any atom is 0.192 e. The molecule has 2 rings (SSSR count). The lowest BCUT2D eigenvalue weighted by molar-refractivity contribution is 0.275. The van der Waals surface area contributed by atoms with Crippen LogP contribution < -0.4 is 0 Å². The van der Waals surface area contributed by atoms with Gasteiger partial charge in [-0.3, -0.25) is 0 Å². The second-order valence-electron chi connectivity index (χ2n) is 6.34. The molecule has 0 radical (unpaired) electrons. The smallest absolute Gasteiger partial charge is 0.192 e. The molecule has 0 atom stereocenters. The first kappa shape index (κ1) is 21.4. The molecule has 9 heteroatoms. The Kier molecular flexibility index (Phi) is 8.53. The van der Waals surface area contributed by atoms with Crippen molar-refractivity contribution in [1.82, 2.24) is 9.97 Å². The molecule has 0 saturated heterocycles. The Bertz CT molecular complexity index is 612. The number of rotatable bonds is 4. The number of aliphatic hydroxyl groups is 1. The van der Waals surface area contributed by atoms with Gasteiger partial charge in [-0.2, -0.15) is 0 Å². The summed E-state index contributed by atoms with van der Waals surface area (Å²) >= 11 is 9.59. The van der Waals surface area contributed by atoms with E-state index in [9.17, 15) is 0 Å². The number of hydrogen-bond donors (Lipinski definition) is 1. The fraction of sp³-hybridized carbons (Fsp3) is 0.571. The van der Waals surface area contributed by atoms with E-state index in [2.05, 4.69) is 75.7 Å². The predicted molar refractivity (Wildman–Crippen MR) is 108 cm³/mol. The highest BCUT2D eigenvalue weighted by atomic mass is 79.9. The molecule has 0 aromatic carbocycles. The highest BCUT2D eigenvalue weighted by molar-refractivity contribution is 9.10. The monoisotopic (exact) mass is 500 g/mol. The highest BCUT2D eigenvalue weighted by Gasteiger charge is 2.37. The Morgan fingerprint density at radius 2 is 1.57 bits per heavy atom. The molecule has 0 fully saturated rings. The summed E-state index contributed by atoms with van der Waals surface area (Å²) in [5.74, 6) is 0. The maximum atomic E-state index is 8.48. The molecule has 1 N–H and O–H groups in total. The van der Waals surface area contributed by atoms with Gasteiger partial charge in [-0.1, -0.05) is 20.8 Å². The summed E-state index contributed by atoms with van der Waals surface area (Å²) in [6, 6.07) is 0. The molecular weight excluding hydrogens is 480 g/mol. The van der Waals surface area contributed by atoms with Gasteiger partial charge in [0.2, 0.25) is 0 Å². The molecule has 0 saturated carbocycles. The van der Waals surface area contributed by atoms with Gasteiger partial charge in [0.15, 0.2) is 8.32 Å². The molecule has 4 nitrogen and oxygen atoms in total. The molecule has 0 amide bonds. The van der Waals surface area contributed by atoms with Crippen molar-refractivity contribution in [3.8, 4) is 0 Å². The van der Waals surface area contributed by atoms with Crippen molar-refractivity contribution in [1.29, 1.82) is 0 Å². The molecule has 2 aromatic heterocycles. The normalized spacial score (nSPS) is 12.0. The standard InChI is InChI=1S/C10H18BrNOSSi.C4H4BrNOS/c1-10(2,3)15(4,5)13-6-9-12-8(11)7-14-9;5-3-2-8-4(1-7)6-3/h7H,6H2,1-5H3;2,7H,1H2. The Balaban J connectivity index is 0.000000277. The summed E-state index contributed by atoms with van der Waals surface area (Å²) in [7, 11) is -1.63. The fourth-order valence-corrected chi connectivity index (χ4v) is 4.51. The second-order valence-corrected chi connectivity index (χ2v) is 14.7. The van der Waals surface area contributed by atoms with E-state index < -0.39 is 8.32 Å². The second kappa shape index (κ2) is 9.16. The lowest BCUT2D eigenvalue weighted by Crippen LogP contribution is -2.40. The van der Waals surface area contributed by atoms with Crippen LogP contribution in [0.25, 0.3) is 0 Å². The lowest BCUT2D eigenvalue weighted by atomic mass is 10.2. The number of hydrogen-bond acceptors (Lipinski definition) is 6. The number of nitrogens with zero attached hydrogens (tertiary/aromatic N) is 2. The van der Waals surface area contributed by atoms with Crippen LogP contribution >= 0.6 is 54.5 Å². The molecule has 23 heavy (non-hydrogen) atoms. The topological polar surface area (TPSA) is 55.2 Å². The molecule has 2 aromatic rings. The number of thiazole rings is 2. The number of aromatic nitrogens is 2. The minimum Gasteiger partial charge on any atom is -0.410 e. The van der Waals surface area contributed by atoms with Gasteiger partial charge in [0, 0.05) is 10.8 Å². The SMILES string of the molecule is CC(C)(C)[Si](C)(C)OCc1nc(Br)cs1.OCc1nc(Br)cs1. The summed E-state index contributed by atoms with van der Waals surface area (Å²) in [6.45, 7) is 11.9. The molecule has 0 aliphatic carbocycles. The molecule has 0 aliphatic rings. The minimum atomic E-state index is -1.63. The van der Waals surface area contributed by atoms with E-state index in [-0.39, 0.29) is 11.6 Å². The van der Waals surface area contributed by atoms with Gasteiger partial charge in [-0.05, 0) is 50.0 Å². The van der Waals surface area contributed by atoms with Crippen molar-refractivity contribution in [2.75, 3.05) is 0 Å². The minimum absolute atomic E-state index is 0.0380. The third kappa shape index (κ3) is 7.41. The summed E-state index contributed by atoms with van der Waals surface area (Å²) in [5, 5.41) is 14.4. The van der Waals surface area contributed by atoms with E-state index in [0.717, 1.165) is 19.2 Å². The van der Waals surface area contributed by atoms with Gasteiger partial charge >= 0.3 is 0 Å². The quantitative estimate of drug-likeness (QED) is 0.535. The average Bonchev–Trinajstić information content (AvgIpc) is 3.04. The molecule has 0 aliphatic heterocycles. The Morgan fingerprint density at radius 3 is 1.87 bits per heavy atom. The Labute approximate surface area is 163 Å². The van der Waals surface area contributed by atoms with Gasteiger partial charge in [0.1, 0.15) is 19.2 Å². The van der Waals surface area contributed by atoms with Gasteiger partial charge in [0.05, 0.1) is 13.2 Å². The van der Waals surface area contributed by atoms with Crippen LogP contribution in [0, 0.1) is 0 Å². The van der Waals surface area contributed by atoms with Crippen LogP contribution in [-0.4, -0.2) is 23.4 Å². The van der Waals surface area contributed by atoms with Crippen LogP contribution in [0.5, 0.6) is 0 Å². The van der Waals surface area contributed by atoms with E-state index >= 15 is 0 Å². The van der Waals surface area contributed by atoms with Crippen molar-refractivity contribution in [2.45, 2.75) is 52.1 Å². The van der Waals surface area contributed by atoms with Crippen molar-refractivity contribution < 1.29 is 9.53 Å². The van der Waals surface area contributed by atoms with Crippen LogP contribution in [0.3, 0.4) is 0 Å². The van der Waals surface area contributed by atoms with Crippen molar-refractivity contribution in [2.24, 2.45) is 0 Å². The zero-order valence-electron chi connectivity index (χ0n) is 13.9. The van der Waals surface area contributed by atoms with Crippen molar-refractivity contribution >= 4 is 62.9 Å². The molecule has 0 unspecified atom stereocenters. The summed E-state index contributed by atoms with van der Waals surface area (Å²) < 4.78 is 7.76. The van der Waals surface area contributed by atoms with Gasteiger partial charge < -0.3 is 9.53 Å². The predicted octanol–water partition coefficient (Wildman–Crippen LogP) is 5.83. The van der Waals surface area contributed by atoms with Crippen LogP contribution in [-0.2, 0) is 17.6 Å². The van der Waals surface area contributed by atoms with Gasteiger partial charge in [-0.15, -0.1) is 22.7 Å². The first-order valence-corrected chi connectivity index (χ1v) is 13.2. The zero-order valence-corrected chi connectivity index (χ0v) is 19.7. The Morgan fingerprint density at radius 1 is 1.09 bits per heavy atom. The maximum absolute atomic E-state index is 8.48. The third-order valence-corrected chi connectivity index (χ3v) is 11.1. The molecule has 130 valence electrons. The highest BCUT2D eigenvalue weighted by Crippen LogP contribution is 2.37. The molecule has 0 bridgehead atoms. The van der Waals surface area contributed by atoms with E-state index in [1.807, 2.05) is 10.8 Å². The lowest BCUT2D eigenvalue weighted by Gasteiger charge is -2.35. The van der Waals surface area contributed by atoms with Crippen LogP contribution in [0.1, 0.15) is 30.8 Å². The van der Waals surface area contributed by atoms with Crippen molar-refractivity contribution in [3.63, 3.8) is 0 Å². The Hall–Kier alpha value is 0.357. The third-order valence-electron chi connectivity index (χ3n) is 3.55. The first-order chi connectivity index (χ1) is 10.5. The average molecular weight is 502 g/mol. The van der Waals surface area contributed by atoms with Crippen molar-refractivity contribution in [3.05, 3.63) is 30.0 Å². The number of halogens is 2. The van der Waals surface area contributed by atoms with Crippen LogP contribution in [0.4, 0.5) is 0 Å². The van der Waals surface area contributed by atoms with E-state index in [1.165, 1.54) is 11.3 Å². The molecular formula is C14H22Br2N2O2S2Si. The summed E-state index contributed by atoms with van der Waals surface area (Å²) in [6.07, 6.45) is 0. The summed E-state index contributed by atoms with van der Waals surface area (Å²) in [4.78, 5) is 8.24. The zero-order chi connectivity index (χ0) is 17.7. The van der Waals surface area contributed by atoms with Crippen LogP contribution in [0.15, 0.2) is 20.0 Å². The van der Waals surface area contributed by atoms with E-state index in [4.69, 9.17) is 9.53 Å². The van der Waals surface area contributed by atoms with Gasteiger partial charge in [-0.25, -0.2) is 9.97 Å². The molecule has 2 heterocycles. The van der Waals surface area contributed by atoms with Gasteiger partial charge in [0.25, 0.3) is 0 Å².